The van der Waals surface area contributed by atoms with Crippen LogP contribution < -0.4 is 11.1 Å². The number of non-ortho nitro benzene ring substituents is 1. The molecule has 2 aromatic rings. The van der Waals surface area contributed by atoms with Crippen LogP contribution in [0.2, 0.25) is 0 Å². The van der Waals surface area contributed by atoms with E-state index in [1.807, 2.05) is 6.92 Å². The van der Waals surface area contributed by atoms with Crippen LogP contribution in [0.15, 0.2) is 24.3 Å². The predicted molar refractivity (Wildman–Crippen MR) is 86.8 cm³/mol. The average molecular weight is 331 g/mol. The van der Waals surface area contributed by atoms with Gasteiger partial charge in [-0.25, -0.2) is 0 Å². The van der Waals surface area contributed by atoms with Crippen LogP contribution in [0.4, 0.5) is 11.4 Å². The second-order valence-corrected chi connectivity index (χ2v) is 5.17. The van der Waals surface area contributed by atoms with Crippen LogP contribution in [0.1, 0.15) is 39.9 Å². The Labute approximate surface area is 137 Å². The quantitative estimate of drug-likeness (QED) is 0.613. The van der Waals surface area contributed by atoms with E-state index in [9.17, 15) is 19.7 Å². The molecule has 0 aliphatic heterocycles. The van der Waals surface area contributed by atoms with E-state index in [0.29, 0.717) is 12.1 Å². The molecule has 9 nitrogen and oxygen atoms in total. The summed E-state index contributed by atoms with van der Waals surface area (Å²) < 4.78 is 1.33. The van der Waals surface area contributed by atoms with Gasteiger partial charge < -0.3 is 11.1 Å². The van der Waals surface area contributed by atoms with Crippen molar-refractivity contribution in [3.63, 3.8) is 0 Å². The molecule has 0 bridgehead atoms. The smallest absolute Gasteiger partial charge is 0.269 e. The summed E-state index contributed by atoms with van der Waals surface area (Å²) in [4.78, 5) is 34.1. The number of nitro groups is 1. The van der Waals surface area contributed by atoms with E-state index in [1.54, 1.807) is 7.05 Å². The topological polar surface area (TPSA) is 133 Å². The molecule has 0 aliphatic rings. The van der Waals surface area contributed by atoms with Crippen molar-refractivity contribution < 1.29 is 14.5 Å². The molecule has 1 aromatic heterocycles. The maximum atomic E-state index is 12.4. The molecule has 0 spiro atoms. The number of carbonyl (C=O) groups is 2. The minimum Gasteiger partial charge on any atom is -0.364 e. The minimum absolute atomic E-state index is 0.105. The van der Waals surface area contributed by atoms with Crippen molar-refractivity contribution in [3.8, 4) is 0 Å². The Morgan fingerprint density at radius 2 is 1.96 bits per heavy atom. The third-order valence-corrected chi connectivity index (χ3v) is 3.42. The number of anilines is 1. The van der Waals surface area contributed by atoms with Gasteiger partial charge in [0.15, 0.2) is 0 Å². The van der Waals surface area contributed by atoms with Crippen LogP contribution >= 0.6 is 0 Å². The number of nitrogens with zero attached hydrogens (tertiary/aromatic N) is 3. The number of hydrogen-bond acceptors (Lipinski definition) is 5. The number of nitrogens with two attached hydrogens (primary N) is 1. The normalized spacial score (nSPS) is 10.4. The SMILES string of the molecule is CCCc1nn(C)c(C(N)=O)c1NC(=O)c1ccc([N+](=O)[O-])cc1. The third-order valence-electron chi connectivity index (χ3n) is 3.42. The van der Waals surface area contributed by atoms with Gasteiger partial charge in [-0.05, 0) is 18.6 Å². The average Bonchev–Trinajstić information content (AvgIpc) is 2.83. The van der Waals surface area contributed by atoms with Crippen LogP contribution in [0.5, 0.6) is 0 Å². The van der Waals surface area contributed by atoms with Crippen LogP contribution in [-0.2, 0) is 13.5 Å². The number of primary amides is 1. The molecule has 0 atom stereocenters. The number of rotatable bonds is 6. The van der Waals surface area contributed by atoms with Crippen molar-refractivity contribution in [1.82, 2.24) is 9.78 Å². The summed E-state index contributed by atoms with van der Waals surface area (Å²) in [7, 11) is 1.57. The highest BCUT2D eigenvalue weighted by Crippen LogP contribution is 2.23. The fourth-order valence-corrected chi connectivity index (χ4v) is 2.33. The highest BCUT2D eigenvalue weighted by molar-refractivity contribution is 6.08. The Balaban J connectivity index is 2.33. The maximum Gasteiger partial charge on any atom is 0.269 e. The van der Waals surface area contributed by atoms with Crippen molar-refractivity contribution in [2.45, 2.75) is 19.8 Å². The summed E-state index contributed by atoms with van der Waals surface area (Å²) in [6.07, 6.45) is 1.34. The van der Waals surface area contributed by atoms with Crippen LogP contribution in [0, 0.1) is 10.1 Å². The standard InChI is InChI=1S/C15H17N5O4/c1-3-4-11-12(13(14(16)21)19(2)18-11)17-15(22)9-5-7-10(8-6-9)20(23)24/h5-8H,3-4H2,1-2H3,(H2,16,21)(H,17,22). The van der Waals surface area contributed by atoms with Gasteiger partial charge in [0.25, 0.3) is 17.5 Å². The Kier molecular flexibility index (Phi) is 4.93. The first-order valence-electron chi connectivity index (χ1n) is 7.26. The van der Waals surface area contributed by atoms with E-state index in [0.717, 1.165) is 6.42 Å². The zero-order chi connectivity index (χ0) is 17.9. The maximum absolute atomic E-state index is 12.4. The van der Waals surface area contributed by atoms with Crippen LogP contribution in [-0.4, -0.2) is 26.5 Å². The lowest BCUT2D eigenvalue weighted by atomic mass is 10.1. The molecule has 0 radical (unpaired) electrons. The van der Waals surface area contributed by atoms with Crippen molar-refractivity contribution in [2.75, 3.05) is 5.32 Å². The van der Waals surface area contributed by atoms with Gasteiger partial charge in [0.2, 0.25) is 0 Å². The van der Waals surface area contributed by atoms with Gasteiger partial charge in [0.1, 0.15) is 5.69 Å². The highest BCUT2D eigenvalue weighted by Gasteiger charge is 2.22. The molecule has 3 N–H and O–H groups in total. The molecule has 126 valence electrons. The lowest BCUT2D eigenvalue weighted by Crippen LogP contribution is -2.20. The molecule has 24 heavy (non-hydrogen) atoms. The first-order valence-corrected chi connectivity index (χ1v) is 7.26. The summed E-state index contributed by atoms with van der Waals surface area (Å²) in [6, 6.07) is 5.15. The number of aryl methyl sites for hydroxylation is 2. The highest BCUT2D eigenvalue weighted by atomic mass is 16.6. The van der Waals surface area contributed by atoms with Crippen molar-refractivity contribution in [1.29, 1.82) is 0 Å². The number of nitro benzene ring substituents is 1. The second kappa shape index (κ2) is 6.90. The first kappa shape index (κ1) is 17.1. The van der Waals surface area contributed by atoms with Gasteiger partial charge in [-0.1, -0.05) is 13.3 Å². The van der Waals surface area contributed by atoms with Crippen molar-refractivity contribution in [2.24, 2.45) is 12.8 Å². The van der Waals surface area contributed by atoms with Gasteiger partial charge >= 0.3 is 0 Å². The van der Waals surface area contributed by atoms with E-state index >= 15 is 0 Å². The lowest BCUT2D eigenvalue weighted by molar-refractivity contribution is -0.384. The van der Waals surface area contributed by atoms with Crippen LogP contribution in [0.25, 0.3) is 0 Å². The summed E-state index contributed by atoms with van der Waals surface area (Å²) in [6.45, 7) is 1.94. The lowest BCUT2D eigenvalue weighted by Gasteiger charge is -2.07. The zero-order valence-corrected chi connectivity index (χ0v) is 13.3. The number of aromatic nitrogens is 2. The molecule has 2 amide bonds. The molecular weight excluding hydrogens is 314 g/mol. The Morgan fingerprint density at radius 3 is 2.46 bits per heavy atom. The predicted octanol–water partition coefficient (Wildman–Crippen LogP) is 1.63. The molecule has 1 heterocycles. The summed E-state index contributed by atoms with van der Waals surface area (Å²) in [5.74, 6) is -1.20. The van der Waals surface area contributed by atoms with Gasteiger partial charge in [0, 0.05) is 24.7 Å². The Bertz CT molecular complexity index is 795. The van der Waals surface area contributed by atoms with Crippen molar-refractivity contribution >= 4 is 23.2 Å². The summed E-state index contributed by atoms with van der Waals surface area (Å²) in [5.41, 5.74) is 6.42. The zero-order valence-electron chi connectivity index (χ0n) is 13.3. The third kappa shape index (κ3) is 3.40. The van der Waals surface area contributed by atoms with Gasteiger partial charge in [-0.2, -0.15) is 5.10 Å². The molecule has 0 saturated heterocycles. The number of carbonyl (C=O) groups excluding carboxylic acids is 2. The molecule has 1 aromatic carbocycles. The molecule has 0 saturated carbocycles. The van der Waals surface area contributed by atoms with Gasteiger partial charge in [-0.3, -0.25) is 24.4 Å². The second-order valence-electron chi connectivity index (χ2n) is 5.17. The van der Waals surface area contributed by atoms with E-state index in [2.05, 4.69) is 10.4 Å². The largest absolute Gasteiger partial charge is 0.364 e. The number of amides is 2. The summed E-state index contributed by atoms with van der Waals surface area (Å²) in [5, 5.41) is 17.5. The molecule has 0 unspecified atom stereocenters. The van der Waals surface area contributed by atoms with E-state index < -0.39 is 16.7 Å². The molecule has 0 fully saturated rings. The Hall–Kier alpha value is -3.23. The van der Waals surface area contributed by atoms with E-state index in [4.69, 9.17) is 5.73 Å². The Morgan fingerprint density at radius 1 is 1.33 bits per heavy atom. The summed E-state index contributed by atoms with van der Waals surface area (Å²) >= 11 is 0. The number of benzene rings is 1. The number of hydrogen-bond donors (Lipinski definition) is 2. The fourth-order valence-electron chi connectivity index (χ4n) is 2.33. The van der Waals surface area contributed by atoms with E-state index in [1.165, 1.54) is 28.9 Å². The van der Waals surface area contributed by atoms with Crippen molar-refractivity contribution in [3.05, 3.63) is 51.3 Å². The van der Waals surface area contributed by atoms with Gasteiger partial charge in [-0.15, -0.1) is 0 Å². The fraction of sp³-hybridized carbons (Fsp3) is 0.267. The molecular formula is C15H17N5O4. The van der Waals surface area contributed by atoms with E-state index in [-0.39, 0.29) is 22.6 Å². The molecule has 9 heteroatoms. The van der Waals surface area contributed by atoms with Crippen LogP contribution in [0.3, 0.4) is 0 Å². The molecule has 2 rings (SSSR count). The van der Waals surface area contributed by atoms with Gasteiger partial charge in [0.05, 0.1) is 16.3 Å². The number of nitrogens with one attached hydrogen (secondary N) is 1. The molecule has 0 aliphatic carbocycles. The minimum atomic E-state index is -0.702. The first-order chi connectivity index (χ1) is 11.3. The monoisotopic (exact) mass is 331 g/mol.